The van der Waals surface area contributed by atoms with Gasteiger partial charge in [0.25, 0.3) is 0 Å². The van der Waals surface area contributed by atoms with Gasteiger partial charge in [0.2, 0.25) is 0 Å². The molecule has 0 aliphatic heterocycles. The van der Waals surface area contributed by atoms with E-state index in [0.29, 0.717) is 33.9 Å². The molecule has 0 bridgehead atoms. The van der Waals surface area contributed by atoms with Crippen LogP contribution in [0.25, 0.3) is 0 Å². The normalized spacial score (nSPS) is 10.1. The van der Waals surface area contributed by atoms with Crippen molar-refractivity contribution in [2.24, 2.45) is 0 Å². The number of carbonyl (C=O) groups excluding carboxylic acids is 1. The van der Waals surface area contributed by atoms with E-state index >= 15 is 0 Å². The number of aromatic nitrogens is 2. The van der Waals surface area contributed by atoms with Crippen molar-refractivity contribution < 1.29 is 9.53 Å². The molecule has 0 saturated heterocycles. The Morgan fingerprint density at radius 1 is 1.03 bits per heavy atom. The molecule has 0 atom stereocenters. The van der Waals surface area contributed by atoms with Crippen molar-refractivity contribution in [3.63, 3.8) is 0 Å². The first kappa shape index (κ1) is 23.1. The largest absolute Gasteiger partial charge is 0.489 e. The van der Waals surface area contributed by atoms with Crippen LogP contribution < -0.4 is 4.74 Å². The van der Waals surface area contributed by atoms with Crippen LogP contribution >= 0.6 is 34.8 Å². The van der Waals surface area contributed by atoms with Crippen molar-refractivity contribution in [3.8, 4) is 5.75 Å². The molecule has 154 valence electrons. The number of hydrogen-bond donors (Lipinski definition) is 0. The van der Waals surface area contributed by atoms with Gasteiger partial charge in [-0.15, -0.1) is 0 Å². The van der Waals surface area contributed by atoms with Gasteiger partial charge in [-0.05, 0) is 18.6 Å². The van der Waals surface area contributed by atoms with E-state index in [9.17, 15) is 4.79 Å². The number of amides is 1. The van der Waals surface area contributed by atoms with Gasteiger partial charge in [-0.1, -0.05) is 78.1 Å². The molecule has 0 fully saturated rings. The number of ether oxygens (including phenoxy) is 1. The van der Waals surface area contributed by atoms with Crippen LogP contribution in [0.5, 0.6) is 5.75 Å². The zero-order valence-electron chi connectivity index (χ0n) is 16.0. The highest BCUT2D eigenvalue weighted by Gasteiger charge is 2.15. The monoisotopic (exact) mass is 453 g/mol. The van der Waals surface area contributed by atoms with E-state index in [2.05, 4.69) is 4.98 Å². The third-order valence-corrected chi connectivity index (χ3v) is 4.51. The number of halogens is 3. The zero-order valence-corrected chi connectivity index (χ0v) is 18.2. The smallest absolute Gasteiger partial charge is 0.329 e. The van der Waals surface area contributed by atoms with Crippen LogP contribution in [0.15, 0.2) is 67.3 Å². The third-order valence-electron chi connectivity index (χ3n) is 3.73. The fraction of sp³-hybridized carbons (Fsp3) is 0.238. The number of imidazole rings is 1. The highest BCUT2D eigenvalue weighted by molar-refractivity contribution is 6.40. The predicted octanol–water partition coefficient (Wildman–Crippen LogP) is 6.29. The molecule has 0 unspecified atom stereocenters. The molecule has 0 aliphatic rings. The van der Waals surface area contributed by atoms with Gasteiger partial charge in [0.05, 0.1) is 16.6 Å². The standard InChI is InChI=1S/C15H16Cl3N3O2.C6H6/c1-2-4-20(15(22)21-5-3-19-10-21)6-7-23-14-12(17)8-11(16)9-13(14)18;1-2-4-6-5-3-1/h3,5,8-10H,2,4,6-7H2,1H3;1-6H. The molecule has 8 heteroatoms. The molecule has 1 heterocycles. The van der Waals surface area contributed by atoms with Gasteiger partial charge in [-0.3, -0.25) is 4.57 Å². The van der Waals surface area contributed by atoms with Gasteiger partial charge < -0.3 is 9.64 Å². The first-order chi connectivity index (χ1) is 14.0. The van der Waals surface area contributed by atoms with Gasteiger partial charge in [-0.2, -0.15) is 0 Å². The van der Waals surface area contributed by atoms with Crippen LogP contribution in [0.2, 0.25) is 15.1 Å². The lowest BCUT2D eigenvalue weighted by atomic mass is 10.3. The summed E-state index contributed by atoms with van der Waals surface area (Å²) in [5, 5.41) is 1.12. The second-order valence-electron chi connectivity index (χ2n) is 5.94. The Labute approximate surface area is 185 Å². The summed E-state index contributed by atoms with van der Waals surface area (Å²) >= 11 is 18.0. The Kier molecular flexibility index (Phi) is 9.84. The van der Waals surface area contributed by atoms with Crippen LogP contribution in [0.3, 0.4) is 0 Å². The second-order valence-corrected chi connectivity index (χ2v) is 7.19. The highest BCUT2D eigenvalue weighted by atomic mass is 35.5. The molecule has 0 aliphatic carbocycles. The van der Waals surface area contributed by atoms with Gasteiger partial charge in [-0.25, -0.2) is 9.78 Å². The second kappa shape index (κ2) is 12.4. The molecule has 2 aromatic carbocycles. The minimum Gasteiger partial charge on any atom is -0.489 e. The first-order valence-electron chi connectivity index (χ1n) is 9.07. The summed E-state index contributed by atoms with van der Waals surface area (Å²) in [7, 11) is 0. The quantitative estimate of drug-likeness (QED) is 0.440. The van der Waals surface area contributed by atoms with E-state index in [1.807, 2.05) is 43.3 Å². The van der Waals surface area contributed by atoms with E-state index in [4.69, 9.17) is 39.5 Å². The van der Waals surface area contributed by atoms with Gasteiger partial charge in [0, 0.05) is 24.0 Å². The zero-order chi connectivity index (χ0) is 21.1. The lowest BCUT2D eigenvalue weighted by Gasteiger charge is -2.22. The fourth-order valence-corrected chi connectivity index (χ4v) is 3.34. The predicted molar refractivity (Wildman–Crippen MR) is 118 cm³/mol. The van der Waals surface area contributed by atoms with Gasteiger partial charge in [0.1, 0.15) is 12.9 Å². The molecule has 0 saturated carbocycles. The SMILES string of the molecule is CCCN(CCOc1c(Cl)cc(Cl)cc1Cl)C(=O)n1ccnc1.c1ccccc1. The van der Waals surface area contributed by atoms with Crippen LogP contribution in [-0.4, -0.2) is 40.2 Å². The molecule has 5 nitrogen and oxygen atoms in total. The number of nitrogens with zero attached hydrogens (tertiary/aromatic N) is 3. The molecule has 3 aromatic rings. The van der Waals surface area contributed by atoms with Crippen molar-refractivity contribution in [3.05, 3.63) is 82.3 Å². The van der Waals surface area contributed by atoms with Crippen LogP contribution in [0, 0.1) is 0 Å². The molecular formula is C21H22Cl3N3O2. The molecule has 0 radical (unpaired) electrons. The first-order valence-corrected chi connectivity index (χ1v) is 10.2. The van der Waals surface area contributed by atoms with Crippen molar-refractivity contribution in [1.82, 2.24) is 14.5 Å². The van der Waals surface area contributed by atoms with Crippen molar-refractivity contribution in [2.75, 3.05) is 19.7 Å². The van der Waals surface area contributed by atoms with E-state index in [1.165, 1.54) is 10.9 Å². The van der Waals surface area contributed by atoms with Crippen LogP contribution in [-0.2, 0) is 0 Å². The molecular weight excluding hydrogens is 433 g/mol. The summed E-state index contributed by atoms with van der Waals surface area (Å²) in [6, 6.07) is 15.0. The lowest BCUT2D eigenvalue weighted by Crippen LogP contribution is -2.37. The van der Waals surface area contributed by atoms with Crippen molar-refractivity contribution in [2.45, 2.75) is 13.3 Å². The van der Waals surface area contributed by atoms with Crippen molar-refractivity contribution >= 4 is 40.8 Å². The Morgan fingerprint density at radius 2 is 1.62 bits per heavy atom. The Hall–Kier alpha value is -2.21. The molecule has 0 spiro atoms. The van der Waals surface area contributed by atoms with Gasteiger partial charge in [0.15, 0.2) is 5.75 Å². The Morgan fingerprint density at radius 3 is 2.10 bits per heavy atom. The molecule has 3 rings (SSSR count). The minimum atomic E-state index is -0.152. The summed E-state index contributed by atoms with van der Waals surface area (Å²) < 4.78 is 7.05. The van der Waals surface area contributed by atoms with Crippen LogP contribution in [0.1, 0.15) is 13.3 Å². The van der Waals surface area contributed by atoms with Crippen molar-refractivity contribution in [1.29, 1.82) is 0 Å². The summed E-state index contributed by atoms with van der Waals surface area (Å²) in [5.41, 5.74) is 0. The van der Waals surface area contributed by atoms with Crippen LogP contribution in [0.4, 0.5) is 4.79 Å². The molecule has 29 heavy (non-hydrogen) atoms. The fourth-order valence-electron chi connectivity index (χ4n) is 2.42. The Bertz CT molecular complexity index is 824. The highest BCUT2D eigenvalue weighted by Crippen LogP contribution is 2.35. The topological polar surface area (TPSA) is 47.4 Å². The summed E-state index contributed by atoms with van der Waals surface area (Å²) in [6.45, 7) is 3.28. The number of hydrogen-bond acceptors (Lipinski definition) is 3. The number of carbonyl (C=O) groups is 1. The molecule has 0 N–H and O–H groups in total. The maximum atomic E-state index is 12.3. The van der Waals surface area contributed by atoms with Gasteiger partial charge >= 0.3 is 6.03 Å². The maximum absolute atomic E-state index is 12.3. The molecule has 1 amide bonds. The Balaban J connectivity index is 0.000000426. The van der Waals surface area contributed by atoms with E-state index in [1.54, 1.807) is 29.4 Å². The van der Waals surface area contributed by atoms with E-state index in [0.717, 1.165) is 6.42 Å². The average Bonchev–Trinajstić information content (AvgIpc) is 3.25. The summed E-state index contributed by atoms with van der Waals surface area (Å²) in [5.74, 6) is 0.365. The maximum Gasteiger partial charge on any atom is 0.329 e. The summed E-state index contributed by atoms with van der Waals surface area (Å²) in [4.78, 5) is 17.9. The molecule has 1 aromatic heterocycles. The number of rotatable bonds is 6. The summed E-state index contributed by atoms with van der Waals surface area (Å²) in [6.07, 6.45) is 5.48. The lowest BCUT2D eigenvalue weighted by molar-refractivity contribution is 0.184. The average molecular weight is 455 g/mol. The van der Waals surface area contributed by atoms with E-state index < -0.39 is 0 Å². The van der Waals surface area contributed by atoms with E-state index in [-0.39, 0.29) is 12.6 Å². The minimum absolute atomic E-state index is 0.152. The third kappa shape index (κ3) is 7.61. The number of benzene rings is 2.